The largest absolute Gasteiger partial charge is 0.457 e. The van der Waals surface area contributed by atoms with Crippen LogP contribution in [-0.4, -0.2) is 27.5 Å². The van der Waals surface area contributed by atoms with Gasteiger partial charge in [-0.15, -0.1) is 0 Å². The Morgan fingerprint density at radius 2 is 1.50 bits per heavy atom. The minimum atomic E-state index is -1.26. The number of nitrogens with zero attached hydrogens (tertiary/aromatic N) is 2. The van der Waals surface area contributed by atoms with Gasteiger partial charge < -0.3 is 26.6 Å². The number of hydrogen-bond acceptors (Lipinski definition) is 7. The number of nitrogens with one attached hydrogen (secondary N) is 1. The lowest BCUT2D eigenvalue weighted by molar-refractivity contribution is 0.161. The number of fused-ring (bicyclic) bond motifs is 1. The van der Waals surface area contributed by atoms with Gasteiger partial charge in [0.2, 0.25) is 5.95 Å². The summed E-state index contributed by atoms with van der Waals surface area (Å²) in [6, 6.07) is 20.7. The molecule has 152 valence electrons. The summed E-state index contributed by atoms with van der Waals surface area (Å²) in [5.41, 5.74) is 13.4. The second kappa shape index (κ2) is 8.42. The number of benzene rings is 3. The highest BCUT2D eigenvalue weighted by Crippen LogP contribution is 2.30. The summed E-state index contributed by atoms with van der Waals surface area (Å²) in [6.07, 6.45) is -2.17. The summed E-state index contributed by atoms with van der Waals surface area (Å²) in [4.78, 5) is 9.01. The Balaban J connectivity index is 1.66. The van der Waals surface area contributed by atoms with Crippen molar-refractivity contribution in [3.8, 4) is 22.8 Å². The van der Waals surface area contributed by atoms with Crippen LogP contribution in [0.1, 0.15) is 0 Å². The van der Waals surface area contributed by atoms with E-state index in [1.54, 1.807) is 24.3 Å². The predicted molar refractivity (Wildman–Crippen MR) is 113 cm³/mol. The van der Waals surface area contributed by atoms with E-state index < -0.39 is 12.4 Å². The number of aliphatic hydroxyl groups is 1. The molecular weight excluding hydrogens is 385 g/mol. The number of anilines is 1. The van der Waals surface area contributed by atoms with E-state index in [0.717, 1.165) is 16.5 Å². The highest BCUT2D eigenvalue weighted by Gasteiger charge is 2.14. The third-order valence-corrected chi connectivity index (χ3v) is 4.44. The highest BCUT2D eigenvalue weighted by molar-refractivity contribution is 5.93. The average molecular weight is 405 g/mol. The van der Waals surface area contributed by atoms with Gasteiger partial charge in [0, 0.05) is 10.9 Å². The fourth-order valence-corrected chi connectivity index (χ4v) is 2.92. The van der Waals surface area contributed by atoms with Crippen molar-refractivity contribution in [2.24, 2.45) is 11.5 Å². The molecule has 0 aliphatic carbocycles. The van der Waals surface area contributed by atoms with Crippen LogP contribution < -0.4 is 21.5 Å². The monoisotopic (exact) mass is 405 g/mol. The number of rotatable bonds is 6. The summed E-state index contributed by atoms with van der Waals surface area (Å²) in [5, 5.41) is 13.1. The summed E-state index contributed by atoms with van der Waals surface area (Å²) in [6.45, 7) is 0. The Labute approximate surface area is 172 Å². The molecule has 0 radical (unpaired) electrons. The summed E-state index contributed by atoms with van der Waals surface area (Å²) < 4.78 is 18.8. The molecule has 2 atom stereocenters. The van der Waals surface area contributed by atoms with E-state index >= 15 is 0 Å². The number of para-hydroxylation sites is 1. The molecule has 3 aromatic carbocycles. The first-order valence-corrected chi connectivity index (χ1v) is 9.26. The molecule has 0 bridgehead atoms. The molecule has 4 rings (SSSR count). The molecule has 7 nitrogen and oxygen atoms in total. The standard InChI is InChI=1S/C22H20FN5O2/c23-14-7-11-16(12-8-14)30-15-9-5-13(6-10-15)19-17-3-1-2-4-18(17)26-22(27-19)28-20(24)21(25)29/h1-12,20-21,29H,24-25H2,(H,26,27,28). The molecule has 0 fully saturated rings. The van der Waals surface area contributed by atoms with Crippen molar-refractivity contribution in [1.82, 2.24) is 9.97 Å². The molecule has 30 heavy (non-hydrogen) atoms. The molecule has 2 unspecified atom stereocenters. The molecule has 8 heteroatoms. The number of nitrogens with two attached hydrogens (primary N) is 2. The van der Waals surface area contributed by atoms with Gasteiger partial charge in [0.15, 0.2) is 0 Å². The second-order valence-corrected chi connectivity index (χ2v) is 6.65. The first-order chi connectivity index (χ1) is 14.5. The zero-order chi connectivity index (χ0) is 21.1. The van der Waals surface area contributed by atoms with E-state index in [2.05, 4.69) is 15.3 Å². The molecule has 0 aliphatic heterocycles. The fraction of sp³-hybridized carbons (Fsp3) is 0.0909. The fourth-order valence-electron chi connectivity index (χ4n) is 2.92. The number of ether oxygens (including phenoxy) is 1. The van der Waals surface area contributed by atoms with Crippen LogP contribution in [0.4, 0.5) is 10.3 Å². The van der Waals surface area contributed by atoms with E-state index in [1.165, 1.54) is 12.1 Å². The van der Waals surface area contributed by atoms with Crippen molar-refractivity contribution in [2.75, 3.05) is 5.32 Å². The lowest BCUT2D eigenvalue weighted by atomic mass is 10.1. The molecule has 0 spiro atoms. The normalized spacial score (nSPS) is 13.1. The van der Waals surface area contributed by atoms with Crippen LogP contribution in [0, 0.1) is 5.82 Å². The predicted octanol–water partition coefficient (Wildman–Crippen LogP) is 3.20. The Hall–Kier alpha value is -3.59. The van der Waals surface area contributed by atoms with Crippen LogP contribution in [0.25, 0.3) is 22.2 Å². The summed E-state index contributed by atoms with van der Waals surface area (Å²) in [7, 11) is 0. The first-order valence-electron chi connectivity index (χ1n) is 9.26. The molecule has 0 aliphatic rings. The maximum absolute atomic E-state index is 13.0. The maximum Gasteiger partial charge on any atom is 0.225 e. The molecular formula is C22H20FN5O2. The number of halogens is 1. The number of hydrogen-bond donors (Lipinski definition) is 4. The van der Waals surface area contributed by atoms with Crippen LogP contribution in [0.3, 0.4) is 0 Å². The maximum atomic E-state index is 13.0. The number of aliphatic hydroxyl groups excluding tert-OH is 1. The zero-order valence-corrected chi connectivity index (χ0v) is 15.9. The van der Waals surface area contributed by atoms with E-state index in [9.17, 15) is 9.50 Å². The highest BCUT2D eigenvalue weighted by atomic mass is 19.1. The Kier molecular flexibility index (Phi) is 5.53. The second-order valence-electron chi connectivity index (χ2n) is 6.65. The van der Waals surface area contributed by atoms with Gasteiger partial charge in [0.25, 0.3) is 0 Å². The van der Waals surface area contributed by atoms with Gasteiger partial charge in [0.05, 0.1) is 11.2 Å². The SMILES string of the molecule is NC(O)C(N)Nc1nc(-c2ccc(Oc3ccc(F)cc3)cc2)c2ccccc2n1. The van der Waals surface area contributed by atoms with Crippen LogP contribution in [-0.2, 0) is 0 Å². The first kappa shape index (κ1) is 19.7. The van der Waals surface area contributed by atoms with Crippen LogP contribution >= 0.6 is 0 Å². The lowest BCUT2D eigenvalue weighted by Gasteiger charge is -2.17. The van der Waals surface area contributed by atoms with Gasteiger partial charge in [-0.05, 0) is 54.6 Å². The van der Waals surface area contributed by atoms with Crippen LogP contribution in [0.5, 0.6) is 11.5 Å². The van der Waals surface area contributed by atoms with Crippen LogP contribution in [0.2, 0.25) is 0 Å². The van der Waals surface area contributed by atoms with Crippen LogP contribution in [0.15, 0.2) is 72.8 Å². The lowest BCUT2D eigenvalue weighted by Crippen LogP contribution is -2.47. The smallest absolute Gasteiger partial charge is 0.225 e. The van der Waals surface area contributed by atoms with Crippen molar-refractivity contribution in [3.05, 3.63) is 78.6 Å². The van der Waals surface area contributed by atoms with E-state index in [0.29, 0.717) is 17.2 Å². The quantitative estimate of drug-likeness (QED) is 0.364. The van der Waals surface area contributed by atoms with Crippen molar-refractivity contribution in [3.63, 3.8) is 0 Å². The van der Waals surface area contributed by atoms with Crippen molar-refractivity contribution in [2.45, 2.75) is 12.4 Å². The zero-order valence-electron chi connectivity index (χ0n) is 15.9. The van der Waals surface area contributed by atoms with Gasteiger partial charge in [-0.25, -0.2) is 14.4 Å². The van der Waals surface area contributed by atoms with Gasteiger partial charge in [0.1, 0.15) is 29.7 Å². The van der Waals surface area contributed by atoms with Gasteiger partial charge in [-0.2, -0.15) is 0 Å². The third kappa shape index (κ3) is 4.36. The summed E-state index contributed by atoms with van der Waals surface area (Å²) >= 11 is 0. The molecule has 0 amide bonds. The summed E-state index contributed by atoms with van der Waals surface area (Å²) in [5.74, 6) is 1.08. The molecule has 0 saturated carbocycles. The van der Waals surface area contributed by atoms with Gasteiger partial charge >= 0.3 is 0 Å². The Morgan fingerprint density at radius 3 is 2.17 bits per heavy atom. The minimum absolute atomic E-state index is 0.257. The van der Waals surface area contributed by atoms with Crippen molar-refractivity contribution >= 4 is 16.9 Å². The van der Waals surface area contributed by atoms with Gasteiger partial charge in [-0.3, -0.25) is 0 Å². The average Bonchev–Trinajstić information content (AvgIpc) is 2.75. The van der Waals surface area contributed by atoms with E-state index in [-0.39, 0.29) is 11.8 Å². The minimum Gasteiger partial charge on any atom is -0.457 e. The van der Waals surface area contributed by atoms with E-state index in [1.807, 2.05) is 36.4 Å². The number of aromatic nitrogens is 2. The molecule has 1 aromatic heterocycles. The van der Waals surface area contributed by atoms with E-state index in [4.69, 9.17) is 16.2 Å². The molecule has 4 aromatic rings. The topological polar surface area (TPSA) is 119 Å². The molecule has 1 heterocycles. The molecule has 0 saturated heterocycles. The Bertz CT molecular complexity index is 1150. The van der Waals surface area contributed by atoms with Crippen molar-refractivity contribution < 1.29 is 14.2 Å². The van der Waals surface area contributed by atoms with Gasteiger partial charge in [-0.1, -0.05) is 18.2 Å². The Morgan fingerprint density at radius 1 is 0.867 bits per heavy atom. The third-order valence-electron chi connectivity index (χ3n) is 4.44. The molecule has 6 N–H and O–H groups in total. The van der Waals surface area contributed by atoms with Crippen molar-refractivity contribution in [1.29, 1.82) is 0 Å².